The summed E-state index contributed by atoms with van der Waals surface area (Å²) in [4.78, 5) is 23.7. The summed E-state index contributed by atoms with van der Waals surface area (Å²) in [5.74, 6) is 1.16. The molecule has 0 unspecified atom stereocenters. The number of aromatic nitrogens is 3. The molecule has 2 aromatic rings. The molecule has 0 spiro atoms. The van der Waals surface area contributed by atoms with E-state index in [1.54, 1.807) is 17.3 Å². The van der Waals surface area contributed by atoms with Crippen LogP contribution < -0.4 is 4.74 Å². The molecule has 0 aliphatic carbocycles. The maximum atomic E-state index is 12.4. The molecule has 1 fully saturated rings. The highest BCUT2D eigenvalue weighted by molar-refractivity contribution is 5.91. The Morgan fingerprint density at radius 3 is 3.05 bits per heavy atom. The average Bonchev–Trinajstić information content (AvgIpc) is 3.18. The molecule has 2 aromatic heterocycles. The van der Waals surface area contributed by atoms with Gasteiger partial charge in [0.25, 0.3) is 11.8 Å². The lowest BCUT2D eigenvalue weighted by atomic mass is 10.1. The van der Waals surface area contributed by atoms with E-state index in [2.05, 4.69) is 20.0 Å². The molecule has 0 saturated carbocycles. The molecule has 0 aromatic carbocycles. The van der Waals surface area contributed by atoms with Crippen LogP contribution in [0.15, 0.2) is 23.0 Å². The molecule has 8 heteroatoms. The Hall–Kier alpha value is -2.35. The molecular formula is C13H17N5O3. The predicted octanol–water partition coefficient (Wildman–Crippen LogP) is 0.535. The van der Waals surface area contributed by atoms with Crippen LogP contribution in [0.25, 0.3) is 0 Å². The van der Waals surface area contributed by atoms with Crippen molar-refractivity contribution in [1.29, 1.82) is 0 Å². The number of amides is 1. The zero-order valence-corrected chi connectivity index (χ0v) is 11.9. The fourth-order valence-corrected chi connectivity index (χ4v) is 2.42. The minimum Gasteiger partial charge on any atom is -0.479 e. The van der Waals surface area contributed by atoms with Gasteiger partial charge in [-0.25, -0.2) is 4.98 Å². The number of hydrogen-bond donors (Lipinski definition) is 1. The van der Waals surface area contributed by atoms with Crippen LogP contribution in [0.4, 0.5) is 0 Å². The normalized spacial score (nSPS) is 19.7. The zero-order valence-electron chi connectivity index (χ0n) is 11.9. The molecule has 1 saturated heterocycles. The number of methoxy groups -OCH3 is 1. The first kappa shape index (κ1) is 13.6. The van der Waals surface area contributed by atoms with Crippen LogP contribution in [0, 0.1) is 0 Å². The van der Waals surface area contributed by atoms with Gasteiger partial charge in [-0.15, -0.1) is 0 Å². The topological polar surface area (TPSA) is 87.5 Å². The largest absolute Gasteiger partial charge is 0.479 e. The van der Waals surface area contributed by atoms with E-state index < -0.39 is 0 Å². The van der Waals surface area contributed by atoms with Crippen molar-refractivity contribution in [3.8, 4) is 5.88 Å². The summed E-state index contributed by atoms with van der Waals surface area (Å²) in [5.41, 5.74) is 0. The van der Waals surface area contributed by atoms with Crippen LogP contribution in [-0.4, -0.2) is 64.6 Å². The summed E-state index contributed by atoms with van der Waals surface area (Å²) in [7, 11) is 3.50. The molecule has 3 rings (SSSR count). The van der Waals surface area contributed by atoms with E-state index >= 15 is 0 Å². The molecule has 1 N–H and O–H groups in total. The first-order valence-corrected chi connectivity index (χ1v) is 6.68. The van der Waals surface area contributed by atoms with Crippen LogP contribution in [0.3, 0.4) is 0 Å². The molecule has 1 aliphatic rings. The van der Waals surface area contributed by atoms with Crippen molar-refractivity contribution in [2.24, 2.45) is 0 Å². The number of likely N-dealkylation sites (N-methyl/N-ethyl adjacent to an activating group) is 1. The lowest BCUT2D eigenvalue weighted by Crippen LogP contribution is -2.49. The average molecular weight is 291 g/mol. The Balaban J connectivity index is 1.75. The third-order valence-corrected chi connectivity index (χ3v) is 3.68. The maximum absolute atomic E-state index is 12.4. The van der Waals surface area contributed by atoms with Crippen LogP contribution in [0.1, 0.15) is 22.4 Å². The second-order valence-electron chi connectivity index (χ2n) is 4.96. The lowest BCUT2D eigenvalue weighted by molar-refractivity contribution is 0.0497. The van der Waals surface area contributed by atoms with E-state index in [1.807, 2.05) is 7.05 Å². The van der Waals surface area contributed by atoms with Gasteiger partial charge in [0.15, 0.2) is 0 Å². The summed E-state index contributed by atoms with van der Waals surface area (Å²) >= 11 is 0. The number of imidazole rings is 1. The van der Waals surface area contributed by atoms with Crippen LogP contribution in [0.5, 0.6) is 5.88 Å². The smallest absolute Gasteiger partial charge is 0.292 e. The lowest BCUT2D eigenvalue weighted by Gasteiger charge is -2.37. The number of piperazine rings is 1. The van der Waals surface area contributed by atoms with E-state index in [0.717, 1.165) is 12.4 Å². The first-order chi connectivity index (χ1) is 10.2. The zero-order chi connectivity index (χ0) is 14.8. The van der Waals surface area contributed by atoms with Crippen LogP contribution in [-0.2, 0) is 0 Å². The number of carbonyl (C=O) groups is 1. The van der Waals surface area contributed by atoms with Gasteiger partial charge in [0.1, 0.15) is 5.82 Å². The molecular weight excluding hydrogens is 274 g/mol. The minimum absolute atomic E-state index is 0.0440. The number of rotatable bonds is 3. The van der Waals surface area contributed by atoms with Crippen molar-refractivity contribution < 1.29 is 14.1 Å². The molecule has 8 nitrogen and oxygen atoms in total. The van der Waals surface area contributed by atoms with E-state index in [4.69, 9.17) is 9.26 Å². The molecule has 112 valence electrons. The monoisotopic (exact) mass is 291 g/mol. The molecule has 0 bridgehead atoms. The minimum atomic E-state index is -0.185. The van der Waals surface area contributed by atoms with Crippen molar-refractivity contribution in [2.75, 3.05) is 33.8 Å². The quantitative estimate of drug-likeness (QED) is 0.888. The van der Waals surface area contributed by atoms with E-state index in [0.29, 0.717) is 19.0 Å². The summed E-state index contributed by atoms with van der Waals surface area (Å²) in [6.07, 6.45) is 3.50. The van der Waals surface area contributed by atoms with Gasteiger partial charge in [0, 0.05) is 32.0 Å². The van der Waals surface area contributed by atoms with Gasteiger partial charge < -0.3 is 19.1 Å². The highest BCUT2D eigenvalue weighted by Crippen LogP contribution is 2.23. The van der Waals surface area contributed by atoms with Gasteiger partial charge >= 0.3 is 0 Å². The van der Waals surface area contributed by atoms with Crippen molar-refractivity contribution in [3.05, 3.63) is 30.0 Å². The summed E-state index contributed by atoms with van der Waals surface area (Å²) in [6, 6.07) is 1.55. The third-order valence-electron chi connectivity index (χ3n) is 3.68. The second-order valence-corrected chi connectivity index (χ2v) is 4.96. The summed E-state index contributed by atoms with van der Waals surface area (Å²) < 4.78 is 9.95. The van der Waals surface area contributed by atoms with Gasteiger partial charge in [-0.1, -0.05) is 0 Å². The molecule has 3 heterocycles. The maximum Gasteiger partial charge on any atom is 0.292 e. The summed E-state index contributed by atoms with van der Waals surface area (Å²) in [5, 5.41) is 3.66. The number of nitrogens with one attached hydrogen (secondary N) is 1. The molecule has 1 amide bonds. The first-order valence-electron chi connectivity index (χ1n) is 6.68. The second kappa shape index (κ2) is 5.57. The number of nitrogens with zero attached hydrogens (tertiary/aromatic N) is 4. The highest BCUT2D eigenvalue weighted by Gasteiger charge is 2.31. The van der Waals surface area contributed by atoms with Gasteiger partial charge in [-0.3, -0.25) is 9.69 Å². The SMILES string of the molecule is COc1cc(C(=O)N2CCN(C)[C@H](c3ncc[nH]3)C2)on1. The van der Waals surface area contributed by atoms with Crippen molar-refractivity contribution in [3.63, 3.8) is 0 Å². The van der Waals surface area contributed by atoms with Gasteiger partial charge in [-0.05, 0) is 12.2 Å². The van der Waals surface area contributed by atoms with E-state index in [9.17, 15) is 4.79 Å². The van der Waals surface area contributed by atoms with Crippen molar-refractivity contribution in [2.45, 2.75) is 6.04 Å². The number of aromatic amines is 1. The molecule has 0 radical (unpaired) electrons. The Kier molecular flexibility index (Phi) is 3.61. The van der Waals surface area contributed by atoms with E-state index in [-0.39, 0.29) is 17.7 Å². The Labute approximate surface area is 121 Å². The summed E-state index contributed by atoms with van der Waals surface area (Å²) in [6.45, 7) is 1.95. The highest BCUT2D eigenvalue weighted by atomic mass is 16.5. The van der Waals surface area contributed by atoms with Crippen LogP contribution in [0.2, 0.25) is 0 Å². The molecule has 1 aliphatic heterocycles. The Bertz CT molecular complexity index is 609. The molecule has 1 atom stereocenters. The Morgan fingerprint density at radius 1 is 1.52 bits per heavy atom. The fourth-order valence-electron chi connectivity index (χ4n) is 2.42. The fraction of sp³-hybridized carbons (Fsp3) is 0.462. The van der Waals surface area contributed by atoms with Gasteiger partial charge in [-0.2, -0.15) is 0 Å². The number of carbonyl (C=O) groups excluding carboxylic acids is 1. The predicted molar refractivity (Wildman–Crippen MR) is 72.9 cm³/mol. The van der Waals surface area contributed by atoms with Crippen molar-refractivity contribution in [1.82, 2.24) is 24.9 Å². The van der Waals surface area contributed by atoms with Crippen LogP contribution >= 0.6 is 0 Å². The number of ether oxygens (including phenoxy) is 1. The van der Waals surface area contributed by atoms with Gasteiger partial charge in [0.2, 0.25) is 5.76 Å². The number of H-pyrrole nitrogens is 1. The van der Waals surface area contributed by atoms with E-state index in [1.165, 1.54) is 13.2 Å². The number of hydrogen-bond acceptors (Lipinski definition) is 6. The van der Waals surface area contributed by atoms with Crippen molar-refractivity contribution >= 4 is 5.91 Å². The Morgan fingerprint density at radius 2 is 2.38 bits per heavy atom. The van der Waals surface area contributed by atoms with Gasteiger partial charge in [0.05, 0.1) is 19.2 Å². The molecule has 21 heavy (non-hydrogen) atoms. The standard InChI is InChI=1S/C13H17N5O3/c1-17-5-6-18(8-9(17)12-14-3-4-15-12)13(19)10-7-11(20-2)16-21-10/h3-4,7,9H,5-6,8H2,1-2H3,(H,14,15)/t9-/m0/s1. The third kappa shape index (κ3) is 2.62.